The van der Waals surface area contributed by atoms with Crippen molar-refractivity contribution in [1.82, 2.24) is 14.5 Å². The van der Waals surface area contributed by atoms with Gasteiger partial charge in [0.15, 0.2) is 0 Å². The summed E-state index contributed by atoms with van der Waals surface area (Å²) in [6, 6.07) is 3.38. The second-order valence-corrected chi connectivity index (χ2v) is 7.28. The normalized spacial score (nSPS) is 21.0. The number of benzene rings is 1. The monoisotopic (exact) mass is 363 g/mol. The van der Waals surface area contributed by atoms with Crippen LogP contribution in [0.25, 0.3) is 0 Å². The number of hydrogen-bond acceptors (Lipinski definition) is 5. The molecule has 0 radical (unpaired) electrons. The summed E-state index contributed by atoms with van der Waals surface area (Å²) in [5.41, 5.74) is 2.62. The first kappa shape index (κ1) is 15.5. The average molecular weight is 365 g/mol. The Balaban J connectivity index is 1.91. The average Bonchev–Trinajstić information content (AvgIpc) is 2.93. The first-order valence-corrected chi connectivity index (χ1v) is 8.21. The van der Waals surface area contributed by atoms with Crippen molar-refractivity contribution in [2.24, 2.45) is 0 Å². The number of rotatable bonds is 3. The highest BCUT2D eigenvalue weighted by atomic mass is 35.5. The molecular weight excluding hydrogens is 353 g/mol. The van der Waals surface area contributed by atoms with E-state index < -0.39 is 6.10 Å². The molecule has 1 aromatic carbocycles. The van der Waals surface area contributed by atoms with Crippen molar-refractivity contribution in [3.8, 4) is 0 Å². The largest absolute Gasteiger partial charge is 0.391 e. The van der Waals surface area contributed by atoms with Crippen LogP contribution in [0.15, 0.2) is 12.1 Å². The summed E-state index contributed by atoms with van der Waals surface area (Å²) >= 11 is 19.5. The standard InChI is InChI=1S/C13H12Cl3N3OS/c1-19(5-10-13(16)21-18-17-10)12-8-2-6(14)3-9(15)7(8)4-11(12)20/h2-3,11-12,20H,4-5H2,1H3/t11-,12-/m0/s1. The van der Waals surface area contributed by atoms with Gasteiger partial charge in [-0.1, -0.05) is 39.3 Å². The van der Waals surface area contributed by atoms with Crippen molar-refractivity contribution >= 4 is 46.3 Å². The second-order valence-electron chi connectivity index (χ2n) is 5.08. The molecule has 8 heteroatoms. The summed E-state index contributed by atoms with van der Waals surface area (Å²) in [4.78, 5) is 1.99. The lowest BCUT2D eigenvalue weighted by Crippen LogP contribution is -2.30. The molecule has 0 saturated carbocycles. The Kier molecular flexibility index (Phi) is 4.41. The molecule has 0 aliphatic heterocycles. The predicted molar refractivity (Wildman–Crippen MR) is 85.3 cm³/mol. The Morgan fingerprint density at radius 3 is 2.81 bits per heavy atom. The Hall–Kier alpha value is -0.430. The zero-order valence-electron chi connectivity index (χ0n) is 11.1. The SMILES string of the molecule is CN(Cc1nnsc1Cl)[C@H]1c2cc(Cl)cc(Cl)c2C[C@@H]1O. The van der Waals surface area contributed by atoms with Gasteiger partial charge in [0.1, 0.15) is 10.0 Å². The highest BCUT2D eigenvalue weighted by Crippen LogP contribution is 2.41. The third-order valence-corrected chi connectivity index (χ3v) is 5.21. The molecule has 0 bridgehead atoms. The molecule has 0 spiro atoms. The van der Waals surface area contributed by atoms with Crippen molar-refractivity contribution < 1.29 is 5.11 Å². The van der Waals surface area contributed by atoms with Crippen LogP contribution in [0.4, 0.5) is 0 Å². The molecular formula is C13H12Cl3N3OS. The van der Waals surface area contributed by atoms with Crippen LogP contribution < -0.4 is 0 Å². The second kappa shape index (κ2) is 5.99. The van der Waals surface area contributed by atoms with Gasteiger partial charge in [-0.15, -0.1) is 5.10 Å². The van der Waals surface area contributed by atoms with Gasteiger partial charge in [0.2, 0.25) is 0 Å². The van der Waals surface area contributed by atoms with Crippen LogP contribution in [-0.2, 0) is 13.0 Å². The summed E-state index contributed by atoms with van der Waals surface area (Å²) in [5, 5.41) is 15.6. The third kappa shape index (κ3) is 2.91. The van der Waals surface area contributed by atoms with Crippen LogP contribution >= 0.6 is 46.3 Å². The van der Waals surface area contributed by atoms with Crippen LogP contribution in [0.3, 0.4) is 0 Å². The maximum atomic E-state index is 10.4. The molecule has 2 aromatic rings. The van der Waals surface area contributed by atoms with E-state index >= 15 is 0 Å². The quantitative estimate of drug-likeness (QED) is 0.904. The highest BCUT2D eigenvalue weighted by molar-refractivity contribution is 7.10. The van der Waals surface area contributed by atoms with Gasteiger partial charge in [-0.05, 0) is 30.3 Å². The van der Waals surface area contributed by atoms with Crippen molar-refractivity contribution in [3.05, 3.63) is 43.3 Å². The van der Waals surface area contributed by atoms with E-state index in [4.69, 9.17) is 34.8 Å². The Morgan fingerprint density at radius 2 is 2.14 bits per heavy atom. The molecule has 112 valence electrons. The number of nitrogens with zero attached hydrogens (tertiary/aromatic N) is 3. The number of fused-ring (bicyclic) bond motifs is 1. The molecule has 1 aliphatic carbocycles. The van der Waals surface area contributed by atoms with E-state index in [0.29, 0.717) is 33.0 Å². The summed E-state index contributed by atoms with van der Waals surface area (Å²) in [6.45, 7) is 0.501. The fourth-order valence-electron chi connectivity index (χ4n) is 2.79. The van der Waals surface area contributed by atoms with Gasteiger partial charge < -0.3 is 5.11 Å². The highest BCUT2D eigenvalue weighted by Gasteiger charge is 2.36. The van der Waals surface area contributed by atoms with E-state index in [1.165, 1.54) is 0 Å². The smallest absolute Gasteiger partial charge is 0.138 e. The maximum absolute atomic E-state index is 10.4. The van der Waals surface area contributed by atoms with Crippen LogP contribution in [0.2, 0.25) is 14.4 Å². The lowest BCUT2D eigenvalue weighted by atomic mass is 10.1. The van der Waals surface area contributed by atoms with Gasteiger partial charge in [0, 0.05) is 34.5 Å². The Labute approximate surface area is 141 Å². The van der Waals surface area contributed by atoms with Gasteiger partial charge in [-0.25, -0.2) is 0 Å². The van der Waals surface area contributed by atoms with Gasteiger partial charge >= 0.3 is 0 Å². The van der Waals surface area contributed by atoms with Gasteiger partial charge in [0.25, 0.3) is 0 Å². The van der Waals surface area contributed by atoms with E-state index in [-0.39, 0.29) is 6.04 Å². The minimum absolute atomic E-state index is 0.186. The van der Waals surface area contributed by atoms with E-state index in [9.17, 15) is 5.11 Å². The van der Waals surface area contributed by atoms with Crippen molar-refractivity contribution in [3.63, 3.8) is 0 Å². The fraction of sp³-hybridized carbons (Fsp3) is 0.385. The Bertz CT molecular complexity index is 679. The molecule has 1 N–H and O–H groups in total. The minimum atomic E-state index is -0.536. The Morgan fingerprint density at radius 1 is 1.38 bits per heavy atom. The fourth-order valence-corrected chi connectivity index (χ4v) is 3.99. The zero-order valence-corrected chi connectivity index (χ0v) is 14.1. The van der Waals surface area contributed by atoms with Gasteiger partial charge in [0.05, 0.1) is 12.1 Å². The van der Waals surface area contributed by atoms with Crippen LogP contribution in [0.1, 0.15) is 22.9 Å². The first-order chi connectivity index (χ1) is 9.97. The summed E-state index contributed by atoms with van der Waals surface area (Å²) in [5.74, 6) is 0. The zero-order chi connectivity index (χ0) is 15.1. The molecule has 21 heavy (non-hydrogen) atoms. The minimum Gasteiger partial charge on any atom is -0.391 e. The topological polar surface area (TPSA) is 49.2 Å². The molecule has 0 saturated heterocycles. The molecule has 4 nitrogen and oxygen atoms in total. The van der Waals surface area contributed by atoms with E-state index in [2.05, 4.69) is 9.59 Å². The lowest BCUT2D eigenvalue weighted by molar-refractivity contribution is 0.0718. The molecule has 2 atom stereocenters. The predicted octanol–water partition coefficient (Wildman–Crippen LogP) is 3.59. The summed E-state index contributed by atoms with van der Waals surface area (Å²) in [7, 11) is 1.91. The number of hydrogen-bond donors (Lipinski definition) is 1. The molecule has 0 unspecified atom stereocenters. The summed E-state index contributed by atoms with van der Waals surface area (Å²) in [6.07, 6.45) is -0.0185. The summed E-state index contributed by atoms with van der Waals surface area (Å²) < 4.78 is 4.39. The number of likely N-dealkylation sites (N-methyl/N-ethyl adjacent to an activating group) is 1. The lowest BCUT2D eigenvalue weighted by Gasteiger charge is -2.27. The molecule has 1 heterocycles. The molecule has 1 aliphatic rings. The van der Waals surface area contributed by atoms with Crippen LogP contribution in [0.5, 0.6) is 0 Å². The number of aromatic nitrogens is 2. The van der Waals surface area contributed by atoms with Crippen molar-refractivity contribution in [2.75, 3.05) is 7.05 Å². The maximum Gasteiger partial charge on any atom is 0.138 e. The molecule has 0 fully saturated rings. The number of aliphatic hydroxyl groups excluding tert-OH is 1. The van der Waals surface area contributed by atoms with Crippen LogP contribution in [0, 0.1) is 0 Å². The number of halogens is 3. The first-order valence-electron chi connectivity index (χ1n) is 6.30. The molecule has 3 rings (SSSR count). The van der Waals surface area contributed by atoms with E-state index in [0.717, 1.165) is 22.7 Å². The third-order valence-electron chi connectivity index (χ3n) is 3.67. The van der Waals surface area contributed by atoms with Gasteiger partial charge in [-0.2, -0.15) is 0 Å². The van der Waals surface area contributed by atoms with Gasteiger partial charge in [-0.3, -0.25) is 4.90 Å². The van der Waals surface area contributed by atoms with Crippen molar-refractivity contribution in [2.45, 2.75) is 25.1 Å². The molecule has 0 amide bonds. The van der Waals surface area contributed by atoms with Crippen LogP contribution in [-0.4, -0.2) is 32.7 Å². The van der Waals surface area contributed by atoms with Crippen molar-refractivity contribution in [1.29, 1.82) is 0 Å². The molecule has 1 aromatic heterocycles. The van der Waals surface area contributed by atoms with E-state index in [1.807, 2.05) is 18.0 Å². The number of aliphatic hydroxyl groups is 1. The van der Waals surface area contributed by atoms with E-state index in [1.54, 1.807) is 6.07 Å².